The molecule has 0 amide bonds. The van der Waals surface area contributed by atoms with Crippen LogP contribution in [0.25, 0.3) is 0 Å². The van der Waals surface area contributed by atoms with Gasteiger partial charge in [-0.3, -0.25) is 0 Å². The molecule has 2 saturated heterocycles. The van der Waals surface area contributed by atoms with Gasteiger partial charge in [0, 0.05) is 19.0 Å². The largest absolute Gasteiger partial charge is 0.366 e. The van der Waals surface area contributed by atoms with E-state index in [0.717, 1.165) is 38.2 Å². The summed E-state index contributed by atoms with van der Waals surface area (Å²) in [6.07, 6.45) is 1.98. The maximum Gasteiger partial charge on any atom is 0.130 e. The first kappa shape index (κ1) is 11.8. The van der Waals surface area contributed by atoms with Crippen molar-refractivity contribution in [2.45, 2.75) is 18.4 Å². The van der Waals surface area contributed by atoms with Crippen molar-refractivity contribution in [1.29, 1.82) is 5.26 Å². The zero-order chi connectivity index (χ0) is 12.6. The highest BCUT2D eigenvalue weighted by Gasteiger charge is 2.46. The Morgan fingerprint density at radius 1 is 1.39 bits per heavy atom. The Morgan fingerprint density at radius 3 is 3.00 bits per heavy atom. The zero-order valence-electron chi connectivity index (χ0n) is 10.2. The van der Waals surface area contributed by atoms with Crippen molar-refractivity contribution in [3.05, 3.63) is 29.3 Å². The van der Waals surface area contributed by atoms with Gasteiger partial charge in [-0.25, -0.2) is 0 Å². The summed E-state index contributed by atoms with van der Waals surface area (Å²) < 4.78 is 0. The lowest BCUT2D eigenvalue weighted by Gasteiger charge is -2.39. The van der Waals surface area contributed by atoms with E-state index in [-0.39, 0.29) is 0 Å². The van der Waals surface area contributed by atoms with E-state index < -0.39 is 5.54 Å². The highest BCUT2D eigenvalue weighted by molar-refractivity contribution is 6.33. The second kappa shape index (κ2) is 4.46. The van der Waals surface area contributed by atoms with Gasteiger partial charge >= 0.3 is 0 Å². The van der Waals surface area contributed by atoms with Crippen LogP contribution < -0.4 is 5.32 Å². The summed E-state index contributed by atoms with van der Waals surface area (Å²) in [5, 5.41) is 13.7. The second-order valence-electron chi connectivity index (χ2n) is 5.22. The van der Waals surface area contributed by atoms with Crippen LogP contribution >= 0.6 is 11.6 Å². The van der Waals surface area contributed by atoms with Gasteiger partial charge in [-0.2, -0.15) is 5.26 Å². The minimum atomic E-state index is -0.446. The molecule has 2 aliphatic heterocycles. The molecule has 0 spiro atoms. The van der Waals surface area contributed by atoms with Gasteiger partial charge in [-0.05, 0) is 31.5 Å². The Balaban J connectivity index is 1.89. The fourth-order valence-electron chi connectivity index (χ4n) is 3.12. The van der Waals surface area contributed by atoms with Gasteiger partial charge in [0.15, 0.2) is 0 Å². The molecule has 1 aromatic rings. The maximum absolute atomic E-state index is 9.64. The molecule has 3 nitrogen and oxygen atoms in total. The summed E-state index contributed by atoms with van der Waals surface area (Å²) in [5.41, 5.74) is 0.430. The van der Waals surface area contributed by atoms with Crippen LogP contribution in [0.5, 0.6) is 0 Å². The predicted octanol–water partition coefficient (Wildman–Crippen LogP) is 2.74. The molecule has 0 aliphatic carbocycles. The SMILES string of the molecule is N#CC1(Nc2ccccc2Cl)CCN2CCC1C2. The highest BCUT2D eigenvalue weighted by Crippen LogP contribution is 2.38. The minimum absolute atomic E-state index is 0.410. The number of piperidine rings is 1. The molecule has 2 bridgehead atoms. The van der Waals surface area contributed by atoms with Crippen molar-refractivity contribution in [2.75, 3.05) is 25.0 Å². The number of para-hydroxylation sites is 1. The number of rotatable bonds is 2. The van der Waals surface area contributed by atoms with Crippen molar-refractivity contribution in [2.24, 2.45) is 5.92 Å². The van der Waals surface area contributed by atoms with Gasteiger partial charge in [0.05, 0.1) is 16.8 Å². The number of halogens is 1. The molecule has 3 atom stereocenters. The first-order chi connectivity index (χ1) is 8.73. The summed E-state index contributed by atoms with van der Waals surface area (Å²) in [4.78, 5) is 2.44. The lowest BCUT2D eigenvalue weighted by Crippen LogP contribution is -2.50. The summed E-state index contributed by atoms with van der Waals surface area (Å²) in [7, 11) is 0. The lowest BCUT2D eigenvalue weighted by molar-refractivity contribution is 0.221. The summed E-state index contributed by atoms with van der Waals surface area (Å²) >= 11 is 6.18. The third kappa shape index (κ3) is 1.86. The number of hydrogen-bond donors (Lipinski definition) is 1. The maximum atomic E-state index is 9.64. The minimum Gasteiger partial charge on any atom is -0.366 e. The van der Waals surface area contributed by atoms with Crippen LogP contribution in [-0.2, 0) is 0 Å². The van der Waals surface area contributed by atoms with E-state index in [9.17, 15) is 5.26 Å². The van der Waals surface area contributed by atoms with Crippen LogP contribution in [0.15, 0.2) is 24.3 Å². The number of nitrogens with one attached hydrogen (secondary N) is 1. The van der Waals surface area contributed by atoms with Gasteiger partial charge in [0.2, 0.25) is 0 Å². The molecule has 18 heavy (non-hydrogen) atoms. The van der Waals surface area contributed by atoms with E-state index in [1.807, 2.05) is 24.3 Å². The second-order valence-corrected chi connectivity index (χ2v) is 5.63. The van der Waals surface area contributed by atoms with Gasteiger partial charge in [-0.1, -0.05) is 23.7 Å². The molecule has 2 fully saturated rings. The van der Waals surface area contributed by atoms with Crippen molar-refractivity contribution in [3.63, 3.8) is 0 Å². The van der Waals surface area contributed by atoms with Crippen LogP contribution in [0.3, 0.4) is 0 Å². The van der Waals surface area contributed by atoms with E-state index in [0.29, 0.717) is 10.9 Å². The van der Waals surface area contributed by atoms with Crippen molar-refractivity contribution < 1.29 is 0 Å². The Morgan fingerprint density at radius 2 is 2.22 bits per heavy atom. The Bertz CT molecular complexity index is 496. The van der Waals surface area contributed by atoms with Crippen LogP contribution in [0.4, 0.5) is 5.69 Å². The average Bonchev–Trinajstić information content (AvgIpc) is 2.80. The van der Waals surface area contributed by atoms with Crippen LogP contribution in [0, 0.1) is 17.2 Å². The lowest BCUT2D eigenvalue weighted by atomic mass is 9.79. The molecule has 2 heterocycles. The topological polar surface area (TPSA) is 39.1 Å². The monoisotopic (exact) mass is 261 g/mol. The number of nitrogens with zero attached hydrogens (tertiary/aromatic N) is 2. The Labute approximate surface area is 112 Å². The normalized spacial score (nSPS) is 34.0. The molecule has 2 aliphatic rings. The number of nitriles is 1. The summed E-state index contributed by atoms with van der Waals surface area (Å²) in [6.45, 7) is 3.16. The fourth-order valence-corrected chi connectivity index (χ4v) is 3.30. The van der Waals surface area contributed by atoms with Gasteiger partial charge in [-0.15, -0.1) is 0 Å². The van der Waals surface area contributed by atoms with Crippen LogP contribution in [-0.4, -0.2) is 30.1 Å². The molecule has 1 aromatic carbocycles. The van der Waals surface area contributed by atoms with Gasteiger partial charge in [0.1, 0.15) is 5.54 Å². The van der Waals surface area contributed by atoms with E-state index in [1.165, 1.54) is 0 Å². The molecular formula is C14H16ClN3. The summed E-state index contributed by atoms with van der Waals surface area (Å²) in [6, 6.07) is 10.2. The van der Waals surface area contributed by atoms with Crippen LogP contribution in [0.1, 0.15) is 12.8 Å². The first-order valence-corrected chi connectivity index (χ1v) is 6.78. The number of hydrogen-bond acceptors (Lipinski definition) is 3. The number of anilines is 1. The highest BCUT2D eigenvalue weighted by atomic mass is 35.5. The molecule has 3 rings (SSSR count). The van der Waals surface area contributed by atoms with Gasteiger partial charge in [0.25, 0.3) is 0 Å². The van der Waals surface area contributed by atoms with Crippen molar-refractivity contribution in [1.82, 2.24) is 4.90 Å². The quantitative estimate of drug-likeness (QED) is 0.890. The van der Waals surface area contributed by atoms with Crippen molar-refractivity contribution in [3.8, 4) is 6.07 Å². The molecule has 94 valence electrons. The molecule has 1 N–H and O–H groups in total. The Kier molecular flexibility index (Phi) is 2.93. The average molecular weight is 262 g/mol. The predicted molar refractivity (Wildman–Crippen MR) is 72.6 cm³/mol. The first-order valence-electron chi connectivity index (χ1n) is 6.40. The molecule has 3 unspecified atom stereocenters. The van der Waals surface area contributed by atoms with E-state index >= 15 is 0 Å². The van der Waals surface area contributed by atoms with Gasteiger partial charge < -0.3 is 10.2 Å². The Hall–Kier alpha value is -1.24. The molecule has 0 aromatic heterocycles. The third-order valence-electron chi connectivity index (χ3n) is 4.22. The molecular weight excluding hydrogens is 246 g/mol. The number of benzene rings is 1. The van der Waals surface area contributed by atoms with E-state index in [1.54, 1.807) is 0 Å². The van der Waals surface area contributed by atoms with E-state index in [2.05, 4.69) is 16.3 Å². The third-order valence-corrected chi connectivity index (χ3v) is 4.55. The zero-order valence-corrected chi connectivity index (χ0v) is 11.0. The number of fused-ring (bicyclic) bond motifs is 2. The fraction of sp³-hybridized carbons (Fsp3) is 0.500. The smallest absolute Gasteiger partial charge is 0.130 e. The van der Waals surface area contributed by atoms with Crippen molar-refractivity contribution >= 4 is 17.3 Å². The molecule has 0 saturated carbocycles. The summed E-state index contributed by atoms with van der Waals surface area (Å²) in [5.74, 6) is 0.410. The van der Waals surface area contributed by atoms with E-state index in [4.69, 9.17) is 11.6 Å². The van der Waals surface area contributed by atoms with Crippen LogP contribution in [0.2, 0.25) is 5.02 Å². The molecule has 4 heteroatoms. The standard InChI is InChI=1S/C14H16ClN3/c15-12-3-1-2-4-13(12)17-14(10-16)6-8-18-7-5-11(14)9-18/h1-4,11,17H,5-9H2. The molecule has 0 radical (unpaired) electrons.